The molecule has 0 aliphatic carbocycles. The van der Waals surface area contributed by atoms with Crippen LogP contribution in [0.15, 0.2) is 0 Å². The van der Waals surface area contributed by atoms with Gasteiger partial charge in [-0.1, -0.05) is 0 Å². The van der Waals surface area contributed by atoms with E-state index in [-0.39, 0.29) is 41.8 Å². The van der Waals surface area contributed by atoms with Crippen LogP contribution in [0.1, 0.15) is 27.2 Å². The molecule has 0 fully saturated rings. The second kappa shape index (κ2) is 4.72. The van der Waals surface area contributed by atoms with E-state index in [0.29, 0.717) is 0 Å². The number of hydrogen-bond donors (Lipinski definition) is 1. The summed E-state index contributed by atoms with van der Waals surface area (Å²) in [7, 11) is -4.12. The SMILES string of the molecule is CC(=O)CC(C)(C)S(=O)(=O)O.[Na+]. The molecular formula is C6H12NaO4S+. The van der Waals surface area contributed by atoms with Gasteiger partial charge in [-0.15, -0.1) is 0 Å². The quantitative estimate of drug-likeness (QED) is 0.411. The molecule has 0 heterocycles. The van der Waals surface area contributed by atoms with Crippen LogP contribution in [0, 0.1) is 0 Å². The van der Waals surface area contributed by atoms with Gasteiger partial charge in [-0.25, -0.2) is 0 Å². The van der Waals surface area contributed by atoms with Gasteiger partial charge in [0.2, 0.25) is 0 Å². The Morgan fingerprint density at radius 1 is 1.42 bits per heavy atom. The van der Waals surface area contributed by atoms with E-state index < -0.39 is 14.9 Å². The third kappa shape index (κ3) is 4.57. The molecule has 12 heavy (non-hydrogen) atoms. The number of carbonyl (C=O) groups is 1. The Labute approximate surface area is 94.8 Å². The van der Waals surface area contributed by atoms with Gasteiger partial charge in [-0.2, -0.15) is 8.42 Å². The molecule has 0 bridgehead atoms. The van der Waals surface area contributed by atoms with Gasteiger partial charge in [-0.05, 0) is 20.8 Å². The summed E-state index contributed by atoms with van der Waals surface area (Å²) in [5.41, 5.74) is 0. The Balaban J connectivity index is 0. The predicted octanol–water partition coefficient (Wildman–Crippen LogP) is -2.36. The number of rotatable bonds is 3. The topological polar surface area (TPSA) is 71.4 Å². The van der Waals surface area contributed by atoms with E-state index in [2.05, 4.69) is 0 Å². The second-order valence-corrected chi connectivity index (χ2v) is 5.17. The summed E-state index contributed by atoms with van der Waals surface area (Å²) in [6.45, 7) is 3.90. The molecule has 6 heteroatoms. The molecular weight excluding hydrogens is 191 g/mol. The van der Waals surface area contributed by atoms with Gasteiger partial charge in [-0.3, -0.25) is 9.35 Å². The first kappa shape index (κ1) is 15.1. The van der Waals surface area contributed by atoms with Gasteiger partial charge in [0.1, 0.15) is 5.78 Å². The molecule has 0 aliphatic heterocycles. The van der Waals surface area contributed by atoms with Crippen molar-refractivity contribution in [1.82, 2.24) is 0 Å². The van der Waals surface area contributed by atoms with Gasteiger partial charge in [0.15, 0.2) is 0 Å². The molecule has 0 aromatic heterocycles. The second-order valence-electron chi connectivity index (χ2n) is 3.11. The third-order valence-electron chi connectivity index (χ3n) is 1.37. The van der Waals surface area contributed by atoms with Crippen molar-refractivity contribution in [1.29, 1.82) is 0 Å². The fraction of sp³-hybridized carbons (Fsp3) is 0.833. The Morgan fingerprint density at radius 2 is 1.75 bits per heavy atom. The molecule has 4 nitrogen and oxygen atoms in total. The molecule has 0 rings (SSSR count). The standard InChI is InChI=1S/C6H12O4S.Na/c1-5(7)4-6(2,3)11(8,9)10;/h4H2,1-3H3,(H,8,9,10);/q;+1. The molecule has 0 aromatic carbocycles. The third-order valence-corrected chi connectivity index (χ3v) is 2.91. The first-order valence-corrected chi connectivity index (χ1v) is 4.57. The van der Waals surface area contributed by atoms with Crippen LogP contribution in [-0.2, 0) is 14.9 Å². The van der Waals surface area contributed by atoms with E-state index in [1.807, 2.05) is 0 Å². The maximum atomic E-state index is 10.6. The van der Waals surface area contributed by atoms with Crippen LogP contribution in [0.2, 0.25) is 0 Å². The van der Waals surface area contributed by atoms with E-state index in [1.54, 1.807) is 0 Å². The van der Waals surface area contributed by atoms with Crippen LogP contribution in [0.3, 0.4) is 0 Å². The Morgan fingerprint density at radius 3 is 1.83 bits per heavy atom. The fourth-order valence-corrected chi connectivity index (χ4v) is 1.08. The summed E-state index contributed by atoms with van der Waals surface area (Å²) in [5, 5.41) is 0. The minimum atomic E-state index is -4.12. The molecule has 0 spiro atoms. The van der Waals surface area contributed by atoms with E-state index in [1.165, 1.54) is 20.8 Å². The number of hydrogen-bond acceptors (Lipinski definition) is 3. The molecule has 0 aliphatic rings. The molecule has 0 aromatic rings. The minimum absolute atomic E-state index is 0. The van der Waals surface area contributed by atoms with Crippen molar-refractivity contribution < 1.29 is 47.3 Å². The van der Waals surface area contributed by atoms with E-state index in [9.17, 15) is 13.2 Å². The largest absolute Gasteiger partial charge is 1.00 e. The van der Waals surface area contributed by atoms with Gasteiger partial charge in [0, 0.05) is 6.42 Å². The average Bonchev–Trinajstić information content (AvgIpc) is 1.56. The van der Waals surface area contributed by atoms with Crippen molar-refractivity contribution in [3.63, 3.8) is 0 Å². The first-order valence-electron chi connectivity index (χ1n) is 3.13. The van der Waals surface area contributed by atoms with Gasteiger partial charge >= 0.3 is 29.6 Å². The van der Waals surface area contributed by atoms with Crippen LogP contribution >= 0.6 is 0 Å². The van der Waals surface area contributed by atoms with Crippen molar-refractivity contribution in [3.05, 3.63) is 0 Å². The zero-order valence-corrected chi connectivity index (χ0v) is 10.6. The van der Waals surface area contributed by atoms with E-state index in [4.69, 9.17) is 4.55 Å². The number of Topliss-reactive ketones (excluding diaryl/α,β-unsaturated/α-hetero) is 1. The average molecular weight is 203 g/mol. The van der Waals surface area contributed by atoms with Crippen LogP contribution in [0.25, 0.3) is 0 Å². The Hall–Kier alpha value is 0.580. The van der Waals surface area contributed by atoms with Crippen LogP contribution in [0.5, 0.6) is 0 Å². The van der Waals surface area contributed by atoms with Crippen LogP contribution in [0.4, 0.5) is 0 Å². The van der Waals surface area contributed by atoms with Crippen LogP contribution in [-0.4, -0.2) is 23.5 Å². The molecule has 66 valence electrons. The summed E-state index contributed by atoms with van der Waals surface area (Å²) in [6, 6.07) is 0. The van der Waals surface area contributed by atoms with Gasteiger partial charge in [0.05, 0.1) is 4.75 Å². The molecule has 0 amide bonds. The summed E-state index contributed by atoms with van der Waals surface area (Å²) in [5.74, 6) is -0.257. The molecule has 0 unspecified atom stereocenters. The first-order chi connectivity index (χ1) is 4.67. The zero-order valence-electron chi connectivity index (χ0n) is 7.79. The maximum absolute atomic E-state index is 10.6. The normalized spacial score (nSPS) is 12.0. The maximum Gasteiger partial charge on any atom is 1.00 e. The smallest absolute Gasteiger partial charge is 0.300 e. The van der Waals surface area contributed by atoms with Gasteiger partial charge < -0.3 is 0 Å². The van der Waals surface area contributed by atoms with Crippen molar-refractivity contribution >= 4 is 15.9 Å². The summed E-state index contributed by atoms with van der Waals surface area (Å²) >= 11 is 0. The fourth-order valence-electron chi connectivity index (χ4n) is 0.691. The Kier molecular flexibility index (Phi) is 5.92. The van der Waals surface area contributed by atoms with Crippen molar-refractivity contribution in [2.45, 2.75) is 31.9 Å². The summed E-state index contributed by atoms with van der Waals surface area (Å²) in [4.78, 5) is 10.5. The summed E-state index contributed by atoms with van der Waals surface area (Å²) < 4.78 is 28.4. The predicted molar refractivity (Wildman–Crippen MR) is 40.9 cm³/mol. The monoisotopic (exact) mass is 203 g/mol. The van der Waals surface area contributed by atoms with Crippen molar-refractivity contribution in [2.24, 2.45) is 0 Å². The van der Waals surface area contributed by atoms with Crippen molar-refractivity contribution in [2.75, 3.05) is 0 Å². The molecule has 1 N–H and O–H groups in total. The van der Waals surface area contributed by atoms with Gasteiger partial charge in [0.25, 0.3) is 10.1 Å². The zero-order chi connectivity index (χ0) is 9.28. The molecule has 0 atom stereocenters. The molecule has 0 radical (unpaired) electrons. The van der Waals surface area contributed by atoms with Crippen molar-refractivity contribution in [3.8, 4) is 0 Å². The summed E-state index contributed by atoms with van der Waals surface area (Å²) in [6.07, 6.45) is -0.161. The Bertz CT molecular complexity index is 255. The van der Waals surface area contributed by atoms with E-state index in [0.717, 1.165) is 0 Å². The molecule has 0 saturated carbocycles. The minimum Gasteiger partial charge on any atom is -0.300 e. The van der Waals surface area contributed by atoms with E-state index >= 15 is 0 Å². The number of ketones is 1. The van der Waals surface area contributed by atoms with Crippen LogP contribution < -0.4 is 29.6 Å². The number of carbonyl (C=O) groups excluding carboxylic acids is 1. The molecule has 0 saturated heterocycles.